The third-order valence-corrected chi connectivity index (χ3v) is 3.60. The molecule has 24 heavy (non-hydrogen) atoms. The first kappa shape index (κ1) is 18.0. The van der Waals surface area contributed by atoms with Gasteiger partial charge in [-0.2, -0.15) is 8.42 Å². The topological polar surface area (TPSA) is 116 Å². The number of aryl methyl sites for hydroxylation is 1. The molecule has 0 aromatic carbocycles. The summed E-state index contributed by atoms with van der Waals surface area (Å²) in [6.45, 7) is 0.966. The third kappa shape index (κ3) is 6.42. The summed E-state index contributed by atoms with van der Waals surface area (Å²) in [5, 5.41) is 10.4. The molecule has 0 saturated heterocycles. The molecule has 0 aliphatic rings. The van der Waals surface area contributed by atoms with Crippen LogP contribution in [0.1, 0.15) is 29.0 Å². The van der Waals surface area contributed by atoms with Crippen molar-refractivity contribution >= 4 is 16.0 Å². The van der Waals surface area contributed by atoms with E-state index in [4.69, 9.17) is 0 Å². The van der Waals surface area contributed by atoms with Gasteiger partial charge in [-0.25, -0.2) is 0 Å². The fourth-order valence-corrected chi connectivity index (χ4v) is 2.28. The van der Waals surface area contributed by atoms with E-state index in [2.05, 4.69) is 24.8 Å². The Balaban J connectivity index is 1.73. The first-order valence-electron chi connectivity index (χ1n) is 7.37. The van der Waals surface area contributed by atoms with Crippen molar-refractivity contribution < 1.29 is 17.4 Å². The maximum Gasteiger partial charge on any atom is 0.273 e. The Morgan fingerprint density at radius 1 is 1.33 bits per heavy atom. The summed E-state index contributed by atoms with van der Waals surface area (Å²) in [5.74, 6) is -0.327. The highest BCUT2D eigenvalue weighted by molar-refractivity contribution is 7.85. The number of aromatic nitrogens is 4. The second-order valence-electron chi connectivity index (χ2n) is 5.10. The number of hydrogen-bond donors (Lipinski definition) is 1. The SMILES string of the molecule is CS(=O)(=O)OCCCCn1cc(C(=O)NCc2ccccn2)nn1. The van der Waals surface area contributed by atoms with Crippen LogP contribution in [0.5, 0.6) is 0 Å². The van der Waals surface area contributed by atoms with Crippen molar-refractivity contribution in [2.75, 3.05) is 12.9 Å². The number of unbranched alkanes of at least 4 members (excludes halogenated alkanes) is 1. The van der Waals surface area contributed by atoms with E-state index in [1.165, 1.54) is 4.68 Å². The Hall–Kier alpha value is -2.33. The van der Waals surface area contributed by atoms with E-state index in [1.807, 2.05) is 12.1 Å². The largest absolute Gasteiger partial charge is 0.345 e. The van der Waals surface area contributed by atoms with Gasteiger partial charge in [-0.1, -0.05) is 11.3 Å². The molecule has 2 aromatic heterocycles. The second kappa shape index (κ2) is 8.50. The molecule has 0 bridgehead atoms. The average Bonchev–Trinajstić information content (AvgIpc) is 3.01. The van der Waals surface area contributed by atoms with E-state index < -0.39 is 10.1 Å². The number of pyridine rings is 1. The molecule has 0 atom stereocenters. The molecule has 0 aliphatic carbocycles. The highest BCUT2D eigenvalue weighted by Crippen LogP contribution is 2.00. The summed E-state index contributed by atoms with van der Waals surface area (Å²) in [5.41, 5.74) is 0.974. The fourth-order valence-electron chi connectivity index (χ4n) is 1.86. The molecule has 1 N–H and O–H groups in total. The van der Waals surface area contributed by atoms with Crippen LogP contribution < -0.4 is 5.32 Å². The Bertz CT molecular complexity index is 760. The Morgan fingerprint density at radius 2 is 2.17 bits per heavy atom. The van der Waals surface area contributed by atoms with Crippen molar-refractivity contribution in [3.05, 3.63) is 42.0 Å². The van der Waals surface area contributed by atoms with Crippen LogP contribution in [-0.2, 0) is 27.4 Å². The lowest BCUT2D eigenvalue weighted by Gasteiger charge is -2.02. The van der Waals surface area contributed by atoms with Crippen LogP contribution in [0.25, 0.3) is 0 Å². The van der Waals surface area contributed by atoms with Gasteiger partial charge in [-0.05, 0) is 25.0 Å². The third-order valence-electron chi connectivity index (χ3n) is 3.01. The van der Waals surface area contributed by atoms with Gasteiger partial charge in [-0.15, -0.1) is 5.10 Å². The van der Waals surface area contributed by atoms with Crippen LogP contribution in [-0.4, -0.2) is 47.2 Å². The van der Waals surface area contributed by atoms with Gasteiger partial charge in [0.05, 0.1) is 31.3 Å². The molecule has 9 nitrogen and oxygen atoms in total. The Morgan fingerprint density at radius 3 is 2.88 bits per heavy atom. The first-order valence-corrected chi connectivity index (χ1v) is 9.18. The van der Waals surface area contributed by atoms with Gasteiger partial charge < -0.3 is 5.32 Å². The fraction of sp³-hybridized carbons (Fsp3) is 0.429. The van der Waals surface area contributed by atoms with E-state index in [0.717, 1.165) is 11.9 Å². The molecular weight excluding hydrogens is 334 g/mol. The number of rotatable bonds is 9. The van der Waals surface area contributed by atoms with Gasteiger partial charge in [-0.3, -0.25) is 18.6 Å². The zero-order valence-electron chi connectivity index (χ0n) is 13.3. The summed E-state index contributed by atoms with van der Waals surface area (Å²) < 4.78 is 27.8. The summed E-state index contributed by atoms with van der Waals surface area (Å²) in [4.78, 5) is 16.1. The zero-order chi connectivity index (χ0) is 17.4. The van der Waals surface area contributed by atoms with Crippen molar-refractivity contribution in [3.8, 4) is 0 Å². The summed E-state index contributed by atoms with van der Waals surface area (Å²) in [6.07, 6.45) is 5.44. The molecule has 130 valence electrons. The van der Waals surface area contributed by atoms with E-state index in [0.29, 0.717) is 25.9 Å². The standard InChI is InChI=1S/C14H19N5O4S/c1-24(21,22)23-9-5-4-8-19-11-13(17-18-19)14(20)16-10-12-6-2-3-7-15-12/h2-3,6-7,11H,4-5,8-10H2,1H3,(H,16,20). The van der Waals surface area contributed by atoms with Gasteiger partial charge in [0.2, 0.25) is 0 Å². The van der Waals surface area contributed by atoms with Gasteiger partial charge in [0.25, 0.3) is 16.0 Å². The van der Waals surface area contributed by atoms with E-state index in [-0.39, 0.29) is 18.2 Å². The van der Waals surface area contributed by atoms with Crippen LogP contribution in [0.15, 0.2) is 30.6 Å². The molecule has 0 fully saturated rings. The van der Waals surface area contributed by atoms with Gasteiger partial charge in [0.1, 0.15) is 0 Å². The molecule has 10 heteroatoms. The minimum atomic E-state index is -3.40. The van der Waals surface area contributed by atoms with E-state index >= 15 is 0 Å². The highest BCUT2D eigenvalue weighted by Gasteiger charge is 2.10. The number of nitrogens with one attached hydrogen (secondary N) is 1. The van der Waals surface area contributed by atoms with Gasteiger partial charge >= 0.3 is 0 Å². The lowest BCUT2D eigenvalue weighted by Crippen LogP contribution is -2.23. The summed E-state index contributed by atoms with van der Waals surface area (Å²) >= 11 is 0. The zero-order valence-corrected chi connectivity index (χ0v) is 14.1. The summed E-state index contributed by atoms with van der Waals surface area (Å²) in [6, 6.07) is 5.46. The quantitative estimate of drug-likeness (QED) is 0.511. The predicted molar refractivity (Wildman–Crippen MR) is 85.5 cm³/mol. The molecule has 0 unspecified atom stereocenters. The van der Waals surface area contributed by atoms with E-state index in [1.54, 1.807) is 18.5 Å². The van der Waals surface area contributed by atoms with Crippen molar-refractivity contribution in [3.63, 3.8) is 0 Å². The van der Waals surface area contributed by atoms with Crippen molar-refractivity contribution in [1.82, 2.24) is 25.3 Å². The maximum atomic E-state index is 12.0. The van der Waals surface area contributed by atoms with Crippen molar-refractivity contribution in [2.24, 2.45) is 0 Å². The molecule has 0 radical (unpaired) electrons. The van der Waals surface area contributed by atoms with E-state index in [9.17, 15) is 13.2 Å². The molecule has 2 rings (SSSR count). The lowest BCUT2D eigenvalue weighted by atomic mass is 10.3. The number of nitrogens with zero attached hydrogens (tertiary/aromatic N) is 4. The van der Waals surface area contributed by atoms with Gasteiger partial charge in [0, 0.05) is 12.7 Å². The molecule has 0 spiro atoms. The smallest absolute Gasteiger partial charge is 0.273 e. The Labute approximate surface area is 140 Å². The Kier molecular flexibility index (Phi) is 6.38. The predicted octanol–water partition coefficient (Wildman–Crippen LogP) is 0.359. The van der Waals surface area contributed by atoms with Crippen molar-refractivity contribution in [1.29, 1.82) is 0 Å². The summed E-state index contributed by atoms with van der Waals surface area (Å²) in [7, 11) is -3.40. The molecule has 0 saturated carbocycles. The number of hydrogen-bond acceptors (Lipinski definition) is 7. The van der Waals surface area contributed by atoms with Crippen LogP contribution in [0.3, 0.4) is 0 Å². The monoisotopic (exact) mass is 353 g/mol. The molecule has 0 aliphatic heterocycles. The van der Waals surface area contributed by atoms with Crippen molar-refractivity contribution in [2.45, 2.75) is 25.9 Å². The van der Waals surface area contributed by atoms with Crippen LogP contribution >= 0.6 is 0 Å². The van der Waals surface area contributed by atoms with Crippen LogP contribution in [0.4, 0.5) is 0 Å². The minimum absolute atomic E-state index is 0.130. The maximum absolute atomic E-state index is 12.0. The molecule has 2 aromatic rings. The normalized spacial score (nSPS) is 11.4. The molecular formula is C14H19N5O4S. The number of carbonyl (C=O) groups is 1. The minimum Gasteiger partial charge on any atom is -0.345 e. The van der Waals surface area contributed by atoms with Gasteiger partial charge in [0.15, 0.2) is 5.69 Å². The van der Waals surface area contributed by atoms with Crippen LogP contribution in [0, 0.1) is 0 Å². The highest BCUT2D eigenvalue weighted by atomic mass is 32.2. The average molecular weight is 353 g/mol. The number of amides is 1. The second-order valence-corrected chi connectivity index (χ2v) is 6.75. The lowest BCUT2D eigenvalue weighted by molar-refractivity contribution is 0.0945. The van der Waals surface area contributed by atoms with Crippen LogP contribution in [0.2, 0.25) is 0 Å². The first-order chi connectivity index (χ1) is 11.4. The number of carbonyl (C=O) groups excluding carboxylic acids is 1. The molecule has 1 amide bonds. The molecule has 2 heterocycles.